The molecule has 6 heteroatoms. The Balaban J connectivity index is 2.24. The van der Waals surface area contributed by atoms with Crippen LogP contribution in [0.15, 0.2) is 23.1 Å². The van der Waals surface area contributed by atoms with Gasteiger partial charge in [-0.05, 0) is 43.9 Å². The summed E-state index contributed by atoms with van der Waals surface area (Å²) in [4.78, 5) is 24.0. The number of sulfone groups is 1. The molecule has 1 saturated carbocycles. The largest absolute Gasteiger partial charge is 0.451 e. The molecule has 2 rings (SSSR count). The van der Waals surface area contributed by atoms with E-state index >= 15 is 0 Å². The van der Waals surface area contributed by atoms with E-state index in [-0.39, 0.29) is 16.2 Å². The highest BCUT2D eigenvalue weighted by Crippen LogP contribution is 2.21. The van der Waals surface area contributed by atoms with Crippen LogP contribution >= 0.6 is 0 Å². The molecular weight excluding hydrogens is 292 g/mol. The maximum atomic E-state index is 12.2. The van der Waals surface area contributed by atoms with Crippen molar-refractivity contribution in [1.82, 2.24) is 0 Å². The van der Waals surface area contributed by atoms with Crippen LogP contribution in [0.4, 0.5) is 0 Å². The minimum Gasteiger partial charge on any atom is -0.451 e. The van der Waals surface area contributed by atoms with Gasteiger partial charge in [0.15, 0.2) is 21.7 Å². The van der Waals surface area contributed by atoms with Crippen molar-refractivity contribution in [1.29, 1.82) is 0 Å². The normalized spacial score (nSPS) is 19.3. The molecule has 0 bridgehead atoms. The monoisotopic (exact) mass is 310 g/mol. The van der Waals surface area contributed by atoms with E-state index in [1.165, 1.54) is 12.1 Å². The Labute approximate surface area is 124 Å². The lowest BCUT2D eigenvalue weighted by Crippen LogP contribution is -2.30. The van der Waals surface area contributed by atoms with E-state index < -0.39 is 21.9 Å². The third kappa shape index (κ3) is 3.69. The van der Waals surface area contributed by atoms with Crippen molar-refractivity contribution in [2.45, 2.75) is 43.6 Å². The third-order valence-electron chi connectivity index (χ3n) is 3.61. The molecule has 1 aliphatic carbocycles. The Bertz CT molecular complexity index is 675. The lowest BCUT2D eigenvalue weighted by molar-refractivity contribution is -0.129. The van der Waals surface area contributed by atoms with Crippen LogP contribution in [-0.2, 0) is 19.4 Å². The standard InChI is InChI=1S/C15H18O5S/c1-10-7-8-11(21(2,18)19)9-12(10)15(17)20-14-6-4-3-5-13(14)16/h7-9,14H,3-6H2,1-2H3/t14-/m1/s1. The molecule has 1 aromatic carbocycles. The summed E-state index contributed by atoms with van der Waals surface area (Å²) in [5, 5.41) is 0. The van der Waals surface area contributed by atoms with Crippen LogP contribution in [0, 0.1) is 6.92 Å². The van der Waals surface area contributed by atoms with Crippen molar-refractivity contribution < 1.29 is 22.7 Å². The number of esters is 1. The second-order valence-electron chi connectivity index (χ2n) is 5.35. The molecule has 0 heterocycles. The summed E-state index contributed by atoms with van der Waals surface area (Å²) in [6.45, 7) is 1.70. The van der Waals surface area contributed by atoms with Crippen LogP contribution < -0.4 is 0 Å². The minimum atomic E-state index is -3.39. The highest BCUT2D eigenvalue weighted by Gasteiger charge is 2.27. The molecule has 0 N–H and O–H groups in total. The molecule has 0 aliphatic heterocycles. The van der Waals surface area contributed by atoms with Crippen LogP contribution in [0.3, 0.4) is 0 Å². The molecule has 0 saturated heterocycles. The van der Waals surface area contributed by atoms with Crippen LogP contribution in [-0.4, -0.2) is 32.5 Å². The smallest absolute Gasteiger partial charge is 0.339 e. The predicted octanol–water partition coefficient (Wildman–Crippen LogP) is 2.07. The Morgan fingerprint density at radius 1 is 1.29 bits per heavy atom. The third-order valence-corrected chi connectivity index (χ3v) is 4.72. The van der Waals surface area contributed by atoms with E-state index in [2.05, 4.69) is 0 Å². The predicted molar refractivity (Wildman–Crippen MR) is 77.0 cm³/mol. The summed E-state index contributed by atoms with van der Waals surface area (Å²) in [7, 11) is -3.39. The molecular formula is C15H18O5S. The number of hydrogen-bond donors (Lipinski definition) is 0. The van der Waals surface area contributed by atoms with E-state index in [4.69, 9.17) is 4.74 Å². The zero-order chi connectivity index (χ0) is 15.6. The van der Waals surface area contributed by atoms with Crippen LogP contribution in [0.1, 0.15) is 41.6 Å². The molecule has 21 heavy (non-hydrogen) atoms. The molecule has 0 aromatic heterocycles. The molecule has 0 unspecified atom stereocenters. The van der Waals surface area contributed by atoms with Gasteiger partial charge in [-0.3, -0.25) is 4.79 Å². The maximum absolute atomic E-state index is 12.2. The number of Topliss-reactive ketones (excluding diaryl/α,β-unsaturated/α-hetero) is 1. The summed E-state index contributed by atoms with van der Waals surface area (Å²) in [5.41, 5.74) is 0.812. The first-order valence-electron chi connectivity index (χ1n) is 6.83. The van der Waals surface area contributed by atoms with E-state index in [1.807, 2.05) is 0 Å². The Hall–Kier alpha value is -1.69. The molecule has 5 nitrogen and oxygen atoms in total. The van der Waals surface area contributed by atoms with Gasteiger partial charge >= 0.3 is 5.97 Å². The first kappa shape index (κ1) is 15.7. The summed E-state index contributed by atoms with van der Waals surface area (Å²) in [5.74, 6) is -0.704. The quantitative estimate of drug-likeness (QED) is 0.799. The lowest BCUT2D eigenvalue weighted by atomic mass is 9.96. The number of ether oxygens (including phenoxy) is 1. The van der Waals surface area contributed by atoms with Gasteiger partial charge in [0.25, 0.3) is 0 Å². The van der Waals surface area contributed by atoms with Gasteiger partial charge in [-0.1, -0.05) is 6.07 Å². The average Bonchev–Trinajstić information content (AvgIpc) is 2.40. The van der Waals surface area contributed by atoms with Gasteiger partial charge in [-0.2, -0.15) is 0 Å². The fourth-order valence-electron chi connectivity index (χ4n) is 2.32. The number of rotatable bonds is 3. The minimum absolute atomic E-state index is 0.0634. The topological polar surface area (TPSA) is 77.5 Å². The molecule has 1 aliphatic rings. The van der Waals surface area contributed by atoms with E-state index in [0.29, 0.717) is 18.4 Å². The maximum Gasteiger partial charge on any atom is 0.339 e. The molecule has 0 amide bonds. The van der Waals surface area contributed by atoms with Gasteiger partial charge < -0.3 is 4.74 Å². The Morgan fingerprint density at radius 3 is 2.62 bits per heavy atom. The van der Waals surface area contributed by atoms with Gasteiger partial charge in [-0.15, -0.1) is 0 Å². The average molecular weight is 310 g/mol. The molecule has 0 spiro atoms. The van der Waals surface area contributed by atoms with Gasteiger partial charge in [0.2, 0.25) is 0 Å². The van der Waals surface area contributed by atoms with Crippen molar-refractivity contribution in [3.05, 3.63) is 29.3 Å². The van der Waals surface area contributed by atoms with E-state index in [1.54, 1.807) is 13.0 Å². The van der Waals surface area contributed by atoms with Crippen molar-refractivity contribution in [2.24, 2.45) is 0 Å². The number of carbonyl (C=O) groups is 2. The number of ketones is 1. The number of hydrogen-bond acceptors (Lipinski definition) is 5. The summed E-state index contributed by atoms with van der Waals surface area (Å²) in [6.07, 6.45) is 3.03. The van der Waals surface area contributed by atoms with Crippen LogP contribution in [0.5, 0.6) is 0 Å². The number of carbonyl (C=O) groups excluding carboxylic acids is 2. The SMILES string of the molecule is Cc1ccc(S(C)(=O)=O)cc1C(=O)O[C@@H]1CCCCC1=O. The van der Waals surface area contributed by atoms with Gasteiger partial charge in [0.05, 0.1) is 10.5 Å². The fourth-order valence-corrected chi connectivity index (χ4v) is 2.97. The summed E-state index contributed by atoms with van der Waals surface area (Å²) in [6, 6.07) is 4.32. The highest BCUT2D eigenvalue weighted by molar-refractivity contribution is 7.90. The fraction of sp³-hybridized carbons (Fsp3) is 0.467. The van der Waals surface area contributed by atoms with Gasteiger partial charge in [0, 0.05) is 12.7 Å². The molecule has 1 atom stereocenters. The lowest BCUT2D eigenvalue weighted by Gasteiger charge is -2.21. The molecule has 1 fully saturated rings. The van der Waals surface area contributed by atoms with Gasteiger partial charge in [-0.25, -0.2) is 13.2 Å². The second-order valence-corrected chi connectivity index (χ2v) is 7.37. The van der Waals surface area contributed by atoms with E-state index in [9.17, 15) is 18.0 Å². The van der Waals surface area contributed by atoms with E-state index in [0.717, 1.165) is 19.1 Å². The number of aryl methyl sites for hydroxylation is 1. The van der Waals surface area contributed by atoms with Crippen molar-refractivity contribution in [2.75, 3.05) is 6.26 Å². The molecule has 0 radical (unpaired) electrons. The zero-order valence-electron chi connectivity index (χ0n) is 12.1. The van der Waals surface area contributed by atoms with Crippen LogP contribution in [0.2, 0.25) is 0 Å². The summed E-state index contributed by atoms with van der Waals surface area (Å²) >= 11 is 0. The zero-order valence-corrected chi connectivity index (χ0v) is 12.9. The second kappa shape index (κ2) is 5.97. The van der Waals surface area contributed by atoms with Crippen molar-refractivity contribution in [3.8, 4) is 0 Å². The summed E-state index contributed by atoms with van der Waals surface area (Å²) < 4.78 is 28.4. The molecule has 114 valence electrons. The Morgan fingerprint density at radius 2 is 2.00 bits per heavy atom. The van der Waals surface area contributed by atoms with Crippen LogP contribution in [0.25, 0.3) is 0 Å². The first-order valence-corrected chi connectivity index (χ1v) is 8.72. The van der Waals surface area contributed by atoms with Gasteiger partial charge in [0.1, 0.15) is 0 Å². The van der Waals surface area contributed by atoms with Crippen molar-refractivity contribution >= 4 is 21.6 Å². The Kier molecular flexibility index (Phi) is 4.46. The van der Waals surface area contributed by atoms with Crippen molar-refractivity contribution in [3.63, 3.8) is 0 Å². The highest BCUT2D eigenvalue weighted by atomic mass is 32.2. The number of benzene rings is 1. The first-order chi connectivity index (χ1) is 9.79. The molecule has 1 aromatic rings.